The van der Waals surface area contributed by atoms with E-state index >= 15 is 0 Å². The summed E-state index contributed by atoms with van der Waals surface area (Å²) in [7, 11) is 0. The zero-order valence-electron chi connectivity index (χ0n) is 16.1. The average molecular weight is 405 g/mol. The van der Waals surface area contributed by atoms with E-state index in [-0.39, 0.29) is 6.04 Å². The van der Waals surface area contributed by atoms with Gasteiger partial charge in [-0.05, 0) is 68.7 Å². The van der Waals surface area contributed by atoms with E-state index in [2.05, 4.69) is 49.6 Å². The first-order valence-electron chi connectivity index (χ1n) is 8.97. The van der Waals surface area contributed by atoms with Gasteiger partial charge in [-0.1, -0.05) is 42.3 Å². The Bertz CT molecular complexity index is 839. The van der Waals surface area contributed by atoms with Gasteiger partial charge in [-0.25, -0.2) is 4.79 Å². The zero-order valence-corrected chi connectivity index (χ0v) is 17.6. The van der Waals surface area contributed by atoms with Gasteiger partial charge < -0.3 is 15.4 Å². The molecule has 0 heterocycles. The van der Waals surface area contributed by atoms with Crippen molar-refractivity contribution in [3.8, 4) is 0 Å². The summed E-state index contributed by atoms with van der Waals surface area (Å²) in [5.41, 5.74) is 4.67. The second kappa shape index (κ2) is 9.72. The molecule has 0 bridgehead atoms. The van der Waals surface area contributed by atoms with Crippen molar-refractivity contribution >= 4 is 40.6 Å². The van der Waals surface area contributed by atoms with E-state index in [0.717, 1.165) is 6.42 Å². The molecule has 1 atom stereocenters. The van der Waals surface area contributed by atoms with Gasteiger partial charge in [-0.15, -0.1) is 0 Å². The predicted molar refractivity (Wildman–Crippen MR) is 116 cm³/mol. The van der Waals surface area contributed by atoms with Crippen LogP contribution in [-0.2, 0) is 4.74 Å². The van der Waals surface area contributed by atoms with Gasteiger partial charge in [0.25, 0.3) is 0 Å². The Morgan fingerprint density at radius 2 is 1.93 bits per heavy atom. The van der Waals surface area contributed by atoms with Crippen molar-refractivity contribution in [1.82, 2.24) is 5.32 Å². The van der Waals surface area contributed by atoms with E-state index in [4.69, 9.17) is 28.6 Å². The largest absolute Gasteiger partial charge is 0.462 e. The highest BCUT2D eigenvalue weighted by atomic mass is 35.5. The topological polar surface area (TPSA) is 50.4 Å². The highest BCUT2D eigenvalue weighted by Crippen LogP contribution is 2.24. The van der Waals surface area contributed by atoms with E-state index < -0.39 is 5.97 Å². The molecule has 27 heavy (non-hydrogen) atoms. The first-order chi connectivity index (χ1) is 12.8. The van der Waals surface area contributed by atoms with Crippen molar-refractivity contribution in [2.24, 2.45) is 0 Å². The number of hydrogen-bond donors (Lipinski definition) is 2. The quantitative estimate of drug-likeness (QED) is 0.486. The molecule has 0 radical (unpaired) electrons. The lowest BCUT2D eigenvalue weighted by molar-refractivity contribution is 0.0526. The van der Waals surface area contributed by atoms with Gasteiger partial charge >= 0.3 is 5.97 Å². The molecule has 0 aliphatic heterocycles. The lowest BCUT2D eigenvalue weighted by Gasteiger charge is -2.22. The second-order valence-electron chi connectivity index (χ2n) is 6.33. The van der Waals surface area contributed by atoms with Crippen molar-refractivity contribution < 1.29 is 9.53 Å². The maximum absolute atomic E-state index is 12.0. The molecule has 0 aromatic heterocycles. The summed E-state index contributed by atoms with van der Waals surface area (Å²) in [4.78, 5) is 12.0. The Hall–Kier alpha value is -2.11. The summed E-state index contributed by atoms with van der Waals surface area (Å²) in [5, 5.41) is 7.31. The number of rotatable bonds is 6. The number of aryl methyl sites for hydroxylation is 2. The molecule has 0 fully saturated rings. The highest BCUT2D eigenvalue weighted by Gasteiger charge is 2.15. The van der Waals surface area contributed by atoms with Crippen LogP contribution in [0, 0.1) is 13.8 Å². The molecular formula is C21H25ClN2O2S. The van der Waals surface area contributed by atoms with E-state index in [1.54, 1.807) is 25.1 Å². The Morgan fingerprint density at radius 1 is 1.19 bits per heavy atom. The van der Waals surface area contributed by atoms with Crippen molar-refractivity contribution in [3.05, 3.63) is 63.7 Å². The molecule has 144 valence electrons. The number of carbonyl (C=O) groups is 1. The molecule has 0 aliphatic carbocycles. The lowest BCUT2D eigenvalue weighted by Crippen LogP contribution is -2.32. The summed E-state index contributed by atoms with van der Waals surface area (Å²) < 4.78 is 5.03. The first kappa shape index (κ1) is 21.2. The maximum Gasteiger partial charge on any atom is 0.339 e. The van der Waals surface area contributed by atoms with Crippen LogP contribution in [0.1, 0.15) is 53.4 Å². The van der Waals surface area contributed by atoms with Gasteiger partial charge in [0.15, 0.2) is 5.11 Å². The fourth-order valence-electron chi connectivity index (χ4n) is 2.91. The smallest absolute Gasteiger partial charge is 0.339 e. The molecule has 6 heteroatoms. The number of ether oxygens (including phenoxy) is 1. The van der Waals surface area contributed by atoms with Crippen LogP contribution in [-0.4, -0.2) is 17.7 Å². The Labute approximate surface area is 171 Å². The summed E-state index contributed by atoms with van der Waals surface area (Å²) in [6, 6.07) is 11.6. The van der Waals surface area contributed by atoms with Crippen LogP contribution in [0.25, 0.3) is 0 Å². The molecule has 2 N–H and O–H groups in total. The standard InChI is InChI=1S/C21H25ClN2O2S/c1-5-19(16-9-7-13(3)11-14(16)4)24-21(27)23-15-8-10-18(22)17(12-15)20(25)26-6-2/h7-12,19H,5-6H2,1-4H3,(H2,23,24,27)/t19-/m1/s1. The number of hydrogen-bond acceptors (Lipinski definition) is 3. The summed E-state index contributed by atoms with van der Waals surface area (Å²) in [6.07, 6.45) is 0.889. The normalized spacial score (nSPS) is 11.6. The zero-order chi connectivity index (χ0) is 20.0. The van der Waals surface area contributed by atoms with Gasteiger partial charge in [-0.2, -0.15) is 0 Å². The summed E-state index contributed by atoms with van der Waals surface area (Å²) >= 11 is 11.6. The molecule has 0 spiro atoms. The molecular weight excluding hydrogens is 380 g/mol. The summed E-state index contributed by atoms with van der Waals surface area (Å²) in [6.45, 7) is 8.35. The summed E-state index contributed by atoms with van der Waals surface area (Å²) in [5.74, 6) is -0.452. The van der Waals surface area contributed by atoms with Crippen LogP contribution in [0.5, 0.6) is 0 Å². The van der Waals surface area contributed by atoms with E-state index in [1.807, 2.05) is 0 Å². The Kier molecular flexibility index (Phi) is 7.63. The minimum absolute atomic E-state index is 0.0995. The fraction of sp³-hybridized carbons (Fsp3) is 0.333. The van der Waals surface area contributed by atoms with E-state index in [1.165, 1.54) is 16.7 Å². The van der Waals surface area contributed by atoms with Crippen molar-refractivity contribution in [2.75, 3.05) is 11.9 Å². The van der Waals surface area contributed by atoms with E-state index in [9.17, 15) is 4.79 Å². The third-order valence-electron chi connectivity index (χ3n) is 4.23. The van der Waals surface area contributed by atoms with Gasteiger partial charge in [-0.3, -0.25) is 0 Å². The second-order valence-corrected chi connectivity index (χ2v) is 7.15. The molecule has 2 rings (SSSR count). The van der Waals surface area contributed by atoms with Crippen molar-refractivity contribution in [1.29, 1.82) is 0 Å². The average Bonchev–Trinajstić information content (AvgIpc) is 2.62. The monoisotopic (exact) mass is 404 g/mol. The fourth-order valence-corrected chi connectivity index (χ4v) is 3.36. The first-order valence-corrected chi connectivity index (χ1v) is 9.75. The van der Waals surface area contributed by atoms with Gasteiger partial charge in [0.2, 0.25) is 0 Å². The van der Waals surface area contributed by atoms with Crippen LogP contribution in [0.2, 0.25) is 5.02 Å². The van der Waals surface area contributed by atoms with Crippen molar-refractivity contribution in [3.63, 3.8) is 0 Å². The lowest BCUT2D eigenvalue weighted by atomic mass is 9.98. The molecule has 2 aromatic carbocycles. The number of nitrogens with one attached hydrogen (secondary N) is 2. The molecule has 0 amide bonds. The van der Waals surface area contributed by atoms with Crippen LogP contribution in [0.4, 0.5) is 5.69 Å². The number of esters is 1. The van der Waals surface area contributed by atoms with Crippen LogP contribution < -0.4 is 10.6 Å². The minimum Gasteiger partial charge on any atom is -0.462 e. The number of halogens is 1. The van der Waals surface area contributed by atoms with Crippen LogP contribution in [0.15, 0.2) is 36.4 Å². The minimum atomic E-state index is -0.452. The number of thiocarbonyl (C=S) groups is 1. The predicted octanol–water partition coefficient (Wildman–Crippen LogP) is 5.57. The highest BCUT2D eigenvalue weighted by molar-refractivity contribution is 7.80. The third kappa shape index (κ3) is 5.68. The van der Waals surface area contributed by atoms with Crippen LogP contribution in [0.3, 0.4) is 0 Å². The number of benzene rings is 2. The number of anilines is 1. The molecule has 0 saturated carbocycles. The molecule has 4 nitrogen and oxygen atoms in total. The maximum atomic E-state index is 12.0. The Balaban J connectivity index is 2.12. The molecule has 0 unspecified atom stereocenters. The third-order valence-corrected chi connectivity index (χ3v) is 4.78. The van der Waals surface area contributed by atoms with Gasteiger partial charge in [0, 0.05) is 5.69 Å². The molecule has 0 aliphatic rings. The van der Waals surface area contributed by atoms with Gasteiger partial charge in [0.1, 0.15) is 0 Å². The SMILES string of the molecule is CCOC(=O)c1cc(NC(=S)N[C@H](CC)c2ccc(C)cc2C)ccc1Cl. The van der Waals surface area contributed by atoms with Crippen molar-refractivity contribution in [2.45, 2.75) is 40.2 Å². The number of carbonyl (C=O) groups excluding carboxylic acids is 1. The molecule has 0 saturated heterocycles. The molecule has 2 aromatic rings. The Morgan fingerprint density at radius 3 is 2.56 bits per heavy atom. The van der Waals surface area contributed by atoms with Gasteiger partial charge in [0.05, 0.1) is 23.2 Å². The van der Waals surface area contributed by atoms with Crippen LogP contribution >= 0.6 is 23.8 Å². The van der Waals surface area contributed by atoms with E-state index in [0.29, 0.717) is 28.0 Å².